The maximum Gasteiger partial charge on any atom is 0.573 e. The van der Waals surface area contributed by atoms with Crippen molar-refractivity contribution >= 4 is 11.7 Å². The molecule has 0 aromatic heterocycles. The van der Waals surface area contributed by atoms with Crippen molar-refractivity contribution in [2.45, 2.75) is 57.9 Å². The number of benzene rings is 2. The first-order valence-corrected chi connectivity index (χ1v) is 12.7. The number of carbonyl (C=O) groups is 2. The Morgan fingerprint density at radius 2 is 1.67 bits per heavy atom. The van der Waals surface area contributed by atoms with Gasteiger partial charge in [-0.2, -0.15) is 0 Å². The Kier molecular flexibility index (Phi) is 8.34. The zero-order chi connectivity index (χ0) is 25.7. The fourth-order valence-electron chi connectivity index (χ4n) is 5.27. The van der Waals surface area contributed by atoms with Crippen LogP contribution in [0.1, 0.15) is 65.3 Å². The van der Waals surface area contributed by atoms with E-state index in [2.05, 4.69) is 16.6 Å². The summed E-state index contributed by atoms with van der Waals surface area (Å²) >= 11 is 0. The highest BCUT2D eigenvalue weighted by Gasteiger charge is 2.31. The van der Waals surface area contributed by atoms with E-state index >= 15 is 0 Å². The summed E-state index contributed by atoms with van der Waals surface area (Å²) < 4.78 is 41.2. The molecule has 0 saturated carbocycles. The molecule has 2 heterocycles. The summed E-state index contributed by atoms with van der Waals surface area (Å²) in [7, 11) is 0. The summed E-state index contributed by atoms with van der Waals surface area (Å²) in [6.07, 6.45) is 0.218. The highest BCUT2D eigenvalue weighted by molar-refractivity contribution is 5.98. The van der Waals surface area contributed by atoms with Crippen LogP contribution >= 0.6 is 0 Å². The summed E-state index contributed by atoms with van der Waals surface area (Å²) in [5.74, 6) is 0.298. The van der Waals surface area contributed by atoms with Gasteiger partial charge in [0.1, 0.15) is 5.75 Å². The first-order valence-electron chi connectivity index (χ1n) is 12.7. The normalized spacial score (nSPS) is 19.8. The van der Waals surface area contributed by atoms with Gasteiger partial charge in [-0.25, -0.2) is 0 Å². The second kappa shape index (κ2) is 11.5. The van der Waals surface area contributed by atoms with Crippen molar-refractivity contribution in [3.8, 4) is 5.75 Å². The molecule has 1 amide bonds. The van der Waals surface area contributed by atoms with Gasteiger partial charge in [0.2, 0.25) is 0 Å². The third kappa shape index (κ3) is 7.09. The highest BCUT2D eigenvalue weighted by Crippen LogP contribution is 2.25. The van der Waals surface area contributed by atoms with Crippen molar-refractivity contribution in [3.05, 3.63) is 65.2 Å². The first-order chi connectivity index (χ1) is 17.2. The first kappa shape index (κ1) is 26.2. The minimum Gasteiger partial charge on any atom is -0.406 e. The quantitative estimate of drug-likeness (QED) is 0.454. The zero-order valence-corrected chi connectivity index (χ0v) is 20.6. The molecule has 194 valence electrons. The van der Waals surface area contributed by atoms with Crippen molar-refractivity contribution in [1.82, 2.24) is 9.80 Å². The fourth-order valence-corrected chi connectivity index (χ4v) is 5.27. The number of Topliss-reactive ketones (excluding diaryl/α,β-unsaturated/α-hetero) is 1. The van der Waals surface area contributed by atoms with Gasteiger partial charge in [-0.05, 0) is 74.4 Å². The van der Waals surface area contributed by atoms with Crippen LogP contribution in [0.3, 0.4) is 0 Å². The molecular formula is C28H33F3N2O3. The SMILES string of the molecule is CC1CCCN(C2CCN(C(=O)c3ccc(C(=O)CCc4cccc(OC(F)(F)F)c4)cc3)CC2)C1. The van der Waals surface area contributed by atoms with E-state index in [0.29, 0.717) is 29.2 Å². The maximum atomic E-state index is 13.0. The molecule has 2 aromatic carbocycles. The minimum absolute atomic E-state index is 0.0130. The molecule has 2 saturated heterocycles. The molecule has 0 spiro atoms. The molecule has 2 aliphatic heterocycles. The monoisotopic (exact) mass is 502 g/mol. The fraction of sp³-hybridized carbons (Fsp3) is 0.500. The summed E-state index contributed by atoms with van der Waals surface area (Å²) in [5, 5.41) is 0. The average Bonchev–Trinajstić information content (AvgIpc) is 2.86. The van der Waals surface area contributed by atoms with Gasteiger partial charge in [0.05, 0.1) is 0 Å². The molecule has 5 nitrogen and oxygen atoms in total. The number of ketones is 1. The van der Waals surface area contributed by atoms with Crippen LogP contribution in [0, 0.1) is 5.92 Å². The lowest BCUT2D eigenvalue weighted by Crippen LogP contribution is -2.49. The van der Waals surface area contributed by atoms with Gasteiger partial charge in [0.15, 0.2) is 5.78 Å². The van der Waals surface area contributed by atoms with Crippen LogP contribution in [-0.2, 0) is 6.42 Å². The molecular weight excluding hydrogens is 469 g/mol. The van der Waals surface area contributed by atoms with E-state index in [1.807, 2.05) is 4.90 Å². The lowest BCUT2D eigenvalue weighted by atomic mass is 9.95. The number of likely N-dealkylation sites (tertiary alicyclic amines) is 2. The van der Waals surface area contributed by atoms with Crippen molar-refractivity contribution < 1.29 is 27.5 Å². The molecule has 0 aliphatic carbocycles. The molecule has 2 fully saturated rings. The topological polar surface area (TPSA) is 49.9 Å². The number of carbonyl (C=O) groups excluding carboxylic acids is 2. The molecule has 0 radical (unpaired) electrons. The Balaban J connectivity index is 1.27. The zero-order valence-electron chi connectivity index (χ0n) is 20.6. The number of piperidine rings is 2. The third-order valence-corrected chi connectivity index (χ3v) is 7.18. The summed E-state index contributed by atoms with van der Waals surface area (Å²) in [6, 6.07) is 12.9. The maximum absolute atomic E-state index is 13.0. The van der Waals surface area contributed by atoms with E-state index < -0.39 is 6.36 Å². The number of nitrogens with zero attached hydrogens (tertiary/aromatic N) is 2. The Hall–Kier alpha value is -2.87. The smallest absolute Gasteiger partial charge is 0.406 e. The molecule has 0 bridgehead atoms. The molecule has 2 aromatic rings. The molecule has 4 rings (SSSR count). The van der Waals surface area contributed by atoms with Gasteiger partial charge in [0, 0.05) is 43.2 Å². The predicted molar refractivity (Wildman–Crippen MR) is 131 cm³/mol. The van der Waals surface area contributed by atoms with Gasteiger partial charge < -0.3 is 9.64 Å². The van der Waals surface area contributed by atoms with E-state index in [1.54, 1.807) is 30.3 Å². The number of rotatable bonds is 7. The molecule has 0 N–H and O–H groups in total. The second-order valence-corrected chi connectivity index (χ2v) is 9.96. The van der Waals surface area contributed by atoms with Crippen molar-refractivity contribution in [3.63, 3.8) is 0 Å². The number of amides is 1. The van der Waals surface area contributed by atoms with Crippen LogP contribution in [0.5, 0.6) is 5.75 Å². The van der Waals surface area contributed by atoms with Gasteiger partial charge >= 0.3 is 6.36 Å². The molecule has 36 heavy (non-hydrogen) atoms. The van der Waals surface area contributed by atoms with Gasteiger partial charge in [-0.3, -0.25) is 14.5 Å². The van der Waals surface area contributed by atoms with Crippen LogP contribution in [0.15, 0.2) is 48.5 Å². The molecule has 2 aliphatic rings. The van der Waals surface area contributed by atoms with E-state index in [0.717, 1.165) is 44.9 Å². The van der Waals surface area contributed by atoms with Crippen molar-refractivity contribution in [2.75, 3.05) is 26.2 Å². The number of alkyl halides is 3. The average molecular weight is 503 g/mol. The summed E-state index contributed by atoms with van der Waals surface area (Å²) in [4.78, 5) is 30.1. The minimum atomic E-state index is -4.75. The number of hydrogen-bond donors (Lipinski definition) is 0. The number of hydrogen-bond acceptors (Lipinski definition) is 4. The van der Waals surface area contributed by atoms with Crippen LogP contribution in [0.4, 0.5) is 13.2 Å². The Morgan fingerprint density at radius 3 is 2.33 bits per heavy atom. The second-order valence-electron chi connectivity index (χ2n) is 9.96. The molecule has 1 atom stereocenters. The lowest BCUT2D eigenvalue weighted by Gasteiger charge is -2.41. The Labute approximate surface area is 210 Å². The standard InChI is InChI=1S/C28H33F3N2O3/c1-20-4-3-15-33(19-20)24-13-16-32(17-14-24)27(35)23-10-8-22(9-11-23)26(34)12-7-21-5-2-6-25(18-21)36-28(29,30)31/h2,5-6,8-11,18,20,24H,3-4,7,12-17,19H2,1H3. The lowest BCUT2D eigenvalue weighted by molar-refractivity contribution is -0.274. The van der Waals surface area contributed by atoms with Crippen LogP contribution in [0.2, 0.25) is 0 Å². The number of halogens is 3. The number of aryl methyl sites for hydroxylation is 1. The number of ether oxygens (including phenoxy) is 1. The summed E-state index contributed by atoms with van der Waals surface area (Å²) in [6.45, 7) is 6.11. The van der Waals surface area contributed by atoms with E-state index in [9.17, 15) is 22.8 Å². The largest absolute Gasteiger partial charge is 0.573 e. The predicted octanol–water partition coefficient (Wildman–Crippen LogP) is 5.74. The van der Waals surface area contributed by atoms with Crippen LogP contribution in [-0.4, -0.2) is 60.1 Å². The van der Waals surface area contributed by atoms with Crippen molar-refractivity contribution in [1.29, 1.82) is 0 Å². The van der Waals surface area contributed by atoms with E-state index in [-0.39, 0.29) is 23.9 Å². The van der Waals surface area contributed by atoms with Gasteiger partial charge in [-0.15, -0.1) is 13.2 Å². The van der Waals surface area contributed by atoms with Gasteiger partial charge in [-0.1, -0.05) is 31.2 Å². The van der Waals surface area contributed by atoms with Crippen LogP contribution < -0.4 is 4.74 Å². The Morgan fingerprint density at radius 1 is 0.972 bits per heavy atom. The Bertz CT molecular complexity index is 1050. The van der Waals surface area contributed by atoms with Gasteiger partial charge in [0.25, 0.3) is 5.91 Å². The highest BCUT2D eigenvalue weighted by atomic mass is 19.4. The molecule has 8 heteroatoms. The van der Waals surface area contributed by atoms with Crippen molar-refractivity contribution in [2.24, 2.45) is 5.92 Å². The van der Waals surface area contributed by atoms with Crippen LogP contribution in [0.25, 0.3) is 0 Å². The van der Waals surface area contributed by atoms with E-state index in [4.69, 9.17) is 0 Å². The third-order valence-electron chi connectivity index (χ3n) is 7.18. The molecule has 1 unspecified atom stereocenters. The van der Waals surface area contributed by atoms with E-state index in [1.165, 1.54) is 31.0 Å². The summed E-state index contributed by atoms with van der Waals surface area (Å²) in [5.41, 5.74) is 1.63.